The van der Waals surface area contributed by atoms with Crippen molar-refractivity contribution < 1.29 is 19.4 Å². The number of hydrogen-bond donors (Lipinski definition) is 0. The number of non-ortho nitro benzene ring substituents is 2. The molecule has 0 amide bonds. The summed E-state index contributed by atoms with van der Waals surface area (Å²) in [5.41, 5.74) is -0.606. The van der Waals surface area contributed by atoms with Gasteiger partial charge in [-0.3, -0.25) is 25.0 Å². The maximum absolute atomic E-state index is 11.5. The predicted molar refractivity (Wildman–Crippen MR) is 69.0 cm³/mol. The molecule has 0 saturated carbocycles. The van der Waals surface area contributed by atoms with Crippen molar-refractivity contribution in [2.45, 2.75) is 26.9 Å². The summed E-state index contributed by atoms with van der Waals surface area (Å²) in [4.78, 5) is 31.4. The minimum Gasteiger partial charge on any atom is -0.461 e. The van der Waals surface area contributed by atoms with Gasteiger partial charge >= 0.3 is 5.97 Å². The van der Waals surface area contributed by atoms with E-state index in [-0.39, 0.29) is 18.1 Å². The van der Waals surface area contributed by atoms with Crippen LogP contribution in [0.1, 0.15) is 25.8 Å². The molecule has 108 valence electrons. The molecule has 1 aromatic rings. The Morgan fingerprint density at radius 1 is 1.20 bits per heavy atom. The van der Waals surface area contributed by atoms with Gasteiger partial charge in [0.2, 0.25) is 0 Å². The molecule has 0 fully saturated rings. The van der Waals surface area contributed by atoms with E-state index in [1.807, 2.05) is 6.92 Å². The second kappa shape index (κ2) is 6.60. The molecule has 0 aromatic heterocycles. The predicted octanol–water partition coefficient (Wildman–Crippen LogP) is 2.59. The molecular formula is C12H14N2O6. The Kier molecular flexibility index (Phi) is 5.13. The van der Waals surface area contributed by atoms with Gasteiger partial charge in [-0.15, -0.1) is 0 Å². The highest BCUT2D eigenvalue weighted by Gasteiger charge is 2.18. The minimum atomic E-state index is -0.729. The fraction of sp³-hybridized carbons (Fsp3) is 0.417. The largest absolute Gasteiger partial charge is 0.461 e. The smallest absolute Gasteiger partial charge is 0.308 e. The van der Waals surface area contributed by atoms with E-state index in [0.29, 0.717) is 6.42 Å². The van der Waals surface area contributed by atoms with Crippen LogP contribution in [-0.2, 0) is 16.1 Å². The van der Waals surface area contributed by atoms with E-state index in [1.54, 1.807) is 6.92 Å². The molecule has 1 aromatic carbocycles. The van der Waals surface area contributed by atoms with Gasteiger partial charge in [0.1, 0.15) is 6.61 Å². The van der Waals surface area contributed by atoms with Gasteiger partial charge in [0.25, 0.3) is 11.4 Å². The Bertz CT molecular complexity index is 510. The molecule has 8 nitrogen and oxygen atoms in total. The van der Waals surface area contributed by atoms with Crippen molar-refractivity contribution in [3.8, 4) is 0 Å². The summed E-state index contributed by atoms with van der Waals surface area (Å²) in [5, 5.41) is 21.4. The molecule has 0 saturated heterocycles. The molecule has 0 aliphatic heterocycles. The summed E-state index contributed by atoms with van der Waals surface area (Å²) in [6.07, 6.45) is 0.605. The first-order valence-electron chi connectivity index (χ1n) is 5.94. The van der Waals surface area contributed by atoms with E-state index in [1.165, 1.54) is 0 Å². The van der Waals surface area contributed by atoms with Gasteiger partial charge in [-0.1, -0.05) is 13.8 Å². The van der Waals surface area contributed by atoms with Gasteiger partial charge in [0, 0.05) is 17.7 Å². The van der Waals surface area contributed by atoms with Gasteiger partial charge in [0.05, 0.1) is 21.8 Å². The highest BCUT2D eigenvalue weighted by molar-refractivity contribution is 5.71. The second-order valence-corrected chi connectivity index (χ2v) is 4.29. The number of esters is 1. The molecule has 0 N–H and O–H groups in total. The molecule has 0 heterocycles. The topological polar surface area (TPSA) is 113 Å². The lowest BCUT2D eigenvalue weighted by Crippen LogP contribution is -2.13. The Balaban J connectivity index is 2.92. The van der Waals surface area contributed by atoms with Crippen molar-refractivity contribution >= 4 is 17.3 Å². The third-order valence-electron chi connectivity index (χ3n) is 2.78. The molecule has 0 spiro atoms. The zero-order chi connectivity index (χ0) is 15.3. The monoisotopic (exact) mass is 282 g/mol. The lowest BCUT2D eigenvalue weighted by atomic mass is 10.1. The summed E-state index contributed by atoms with van der Waals surface area (Å²) >= 11 is 0. The fourth-order valence-corrected chi connectivity index (χ4v) is 1.41. The number of hydrogen-bond acceptors (Lipinski definition) is 6. The van der Waals surface area contributed by atoms with Crippen LogP contribution in [0.15, 0.2) is 18.2 Å². The zero-order valence-corrected chi connectivity index (χ0v) is 11.1. The van der Waals surface area contributed by atoms with Crippen LogP contribution in [-0.4, -0.2) is 15.8 Å². The Labute approximate surface area is 114 Å². The maximum Gasteiger partial charge on any atom is 0.308 e. The van der Waals surface area contributed by atoms with Crippen LogP contribution in [0.3, 0.4) is 0 Å². The Morgan fingerprint density at radius 3 is 2.10 bits per heavy atom. The molecule has 1 rings (SSSR count). The summed E-state index contributed by atoms with van der Waals surface area (Å²) < 4.78 is 4.97. The van der Waals surface area contributed by atoms with Gasteiger partial charge in [0.15, 0.2) is 0 Å². The summed E-state index contributed by atoms with van der Waals surface area (Å²) in [6.45, 7) is 3.29. The standard InChI is InChI=1S/C12H14N2O6/c1-3-8(2)12(15)20-7-9-4-10(13(16)17)6-11(5-9)14(18)19/h4-6,8H,3,7H2,1-2H3. The van der Waals surface area contributed by atoms with Crippen molar-refractivity contribution in [3.63, 3.8) is 0 Å². The van der Waals surface area contributed by atoms with Crippen LogP contribution in [0, 0.1) is 26.1 Å². The summed E-state index contributed by atoms with van der Waals surface area (Å²) in [5.74, 6) is -0.731. The number of carbonyl (C=O) groups excluding carboxylic acids is 1. The van der Waals surface area contributed by atoms with Crippen molar-refractivity contribution in [2.24, 2.45) is 5.92 Å². The number of nitro groups is 2. The van der Waals surface area contributed by atoms with Crippen molar-refractivity contribution in [1.29, 1.82) is 0 Å². The van der Waals surface area contributed by atoms with E-state index < -0.39 is 27.2 Å². The number of ether oxygens (including phenoxy) is 1. The van der Waals surface area contributed by atoms with Crippen LogP contribution in [0.4, 0.5) is 11.4 Å². The van der Waals surface area contributed by atoms with Crippen LogP contribution >= 0.6 is 0 Å². The third kappa shape index (κ3) is 4.01. The molecule has 0 bridgehead atoms. The normalized spacial score (nSPS) is 11.7. The van der Waals surface area contributed by atoms with Crippen LogP contribution in [0.25, 0.3) is 0 Å². The van der Waals surface area contributed by atoms with Crippen LogP contribution in [0.2, 0.25) is 0 Å². The first kappa shape index (κ1) is 15.5. The maximum atomic E-state index is 11.5. The average molecular weight is 282 g/mol. The molecule has 8 heteroatoms. The van der Waals surface area contributed by atoms with Gasteiger partial charge < -0.3 is 4.74 Å². The number of rotatable bonds is 6. The lowest BCUT2D eigenvalue weighted by molar-refractivity contribution is -0.394. The Hall–Kier alpha value is -2.51. The van der Waals surface area contributed by atoms with E-state index in [2.05, 4.69) is 0 Å². The first-order valence-corrected chi connectivity index (χ1v) is 5.94. The molecule has 0 radical (unpaired) electrons. The van der Waals surface area contributed by atoms with E-state index in [9.17, 15) is 25.0 Å². The SMILES string of the molecule is CCC(C)C(=O)OCc1cc([N+](=O)[O-])cc([N+](=O)[O-])c1. The second-order valence-electron chi connectivity index (χ2n) is 4.29. The van der Waals surface area contributed by atoms with Crippen molar-refractivity contribution in [3.05, 3.63) is 44.0 Å². The Morgan fingerprint density at radius 2 is 1.70 bits per heavy atom. The molecule has 0 aliphatic rings. The molecular weight excluding hydrogens is 268 g/mol. The van der Waals surface area contributed by atoms with E-state index in [0.717, 1.165) is 18.2 Å². The molecule has 0 aliphatic carbocycles. The zero-order valence-electron chi connectivity index (χ0n) is 11.1. The van der Waals surface area contributed by atoms with Gasteiger partial charge in [-0.2, -0.15) is 0 Å². The summed E-state index contributed by atoms with van der Waals surface area (Å²) in [7, 11) is 0. The quantitative estimate of drug-likeness (QED) is 0.450. The first-order chi connectivity index (χ1) is 9.35. The average Bonchev–Trinajstić information content (AvgIpc) is 2.43. The van der Waals surface area contributed by atoms with Gasteiger partial charge in [-0.25, -0.2) is 0 Å². The molecule has 20 heavy (non-hydrogen) atoms. The number of benzene rings is 1. The summed E-state index contributed by atoms with van der Waals surface area (Å²) in [6, 6.07) is 3.16. The molecule has 1 atom stereocenters. The third-order valence-corrected chi connectivity index (χ3v) is 2.78. The number of nitrogens with zero attached hydrogens (tertiary/aromatic N) is 2. The van der Waals surface area contributed by atoms with Crippen molar-refractivity contribution in [2.75, 3.05) is 0 Å². The fourth-order valence-electron chi connectivity index (χ4n) is 1.41. The van der Waals surface area contributed by atoms with Crippen LogP contribution < -0.4 is 0 Å². The van der Waals surface area contributed by atoms with Gasteiger partial charge in [-0.05, 0) is 6.42 Å². The van der Waals surface area contributed by atoms with Crippen molar-refractivity contribution in [1.82, 2.24) is 0 Å². The number of carbonyl (C=O) groups is 1. The minimum absolute atomic E-state index is 0.211. The molecule has 1 unspecified atom stereocenters. The van der Waals surface area contributed by atoms with E-state index >= 15 is 0 Å². The highest BCUT2D eigenvalue weighted by atomic mass is 16.6. The number of nitro benzene ring substituents is 2. The van der Waals surface area contributed by atoms with E-state index in [4.69, 9.17) is 4.74 Å². The lowest BCUT2D eigenvalue weighted by Gasteiger charge is -2.09. The highest BCUT2D eigenvalue weighted by Crippen LogP contribution is 2.23. The van der Waals surface area contributed by atoms with Crippen LogP contribution in [0.5, 0.6) is 0 Å².